The van der Waals surface area contributed by atoms with Crippen LogP contribution in [0.2, 0.25) is 0 Å². The Morgan fingerprint density at radius 1 is 1.00 bits per heavy atom. The molecule has 1 aromatic heterocycles. The number of hydrogen-bond acceptors (Lipinski definition) is 4. The number of nitrogens with one attached hydrogen (secondary N) is 2. The van der Waals surface area contributed by atoms with E-state index in [9.17, 15) is 18.5 Å². The first kappa shape index (κ1) is 19.8. The lowest BCUT2D eigenvalue weighted by molar-refractivity contribution is -0.384. The number of fused-ring (bicyclic) bond motifs is 1. The summed E-state index contributed by atoms with van der Waals surface area (Å²) < 4.78 is 29.0. The molecule has 0 saturated heterocycles. The molecule has 7 nitrogen and oxygen atoms in total. The van der Waals surface area contributed by atoms with Gasteiger partial charge in [0, 0.05) is 29.2 Å². The number of sulfonamides is 1. The van der Waals surface area contributed by atoms with Gasteiger partial charge in [-0.3, -0.25) is 10.1 Å². The normalized spacial score (nSPS) is 12.7. The van der Waals surface area contributed by atoms with Gasteiger partial charge in [-0.1, -0.05) is 48.0 Å². The number of aromatic nitrogens is 1. The highest BCUT2D eigenvalue weighted by molar-refractivity contribution is 7.89. The van der Waals surface area contributed by atoms with Crippen LogP contribution in [0.4, 0.5) is 5.69 Å². The third-order valence-electron chi connectivity index (χ3n) is 4.95. The molecule has 0 spiro atoms. The zero-order valence-corrected chi connectivity index (χ0v) is 16.9. The van der Waals surface area contributed by atoms with Gasteiger partial charge in [0.2, 0.25) is 10.0 Å². The fourth-order valence-corrected chi connectivity index (χ4v) is 4.61. The average Bonchev–Trinajstić information content (AvgIpc) is 3.16. The number of para-hydroxylation sites is 1. The number of nitrogens with zero attached hydrogens (tertiary/aromatic N) is 1. The first-order chi connectivity index (χ1) is 14.3. The predicted molar refractivity (Wildman–Crippen MR) is 115 cm³/mol. The van der Waals surface area contributed by atoms with E-state index >= 15 is 0 Å². The Morgan fingerprint density at radius 2 is 1.73 bits per heavy atom. The van der Waals surface area contributed by atoms with Crippen LogP contribution in [-0.2, 0) is 10.0 Å². The summed E-state index contributed by atoms with van der Waals surface area (Å²) in [6.45, 7) is 1.88. The van der Waals surface area contributed by atoms with Crippen molar-refractivity contribution in [3.63, 3.8) is 0 Å². The smallest absolute Gasteiger partial charge is 0.269 e. The van der Waals surface area contributed by atoms with Crippen LogP contribution in [0.3, 0.4) is 0 Å². The first-order valence-electron chi connectivity index (χ1n) is 9.24. The number of H-pyrrole nitrogens is 1. The maximum atomic E-state index is 13.1. The molecule has 0 fully saturated rings. The summed E-state index contributed by atoms with van der Waals surface area (Å²) in [4.78, 5) is 14.0. The Kier molecular flexibility index (Phi) is 5.11. The van der Waals surface area contributed by atoms with Gasteiger partial charge in [0.25, 0.3) is 5.69 Å². The largest absolute Gasteiger partial charge is 0.361 e. The van der Waals surface area contributed by atoms with Crippen molar-refractivity contribution in [3.8, 4) is 0 Å². The zero-order chi connectivity index (χ0) is 21.3. The Hall–Kier alpha value is -3.49. The van der Waals surface area contributed by atoms with Gasteiger partial charge >= 0.3 is 0 Å². The Balaban J connectivity index is 1.85. The van der Waals surface area contributed by atoms with Crippen LogP contribution in [0.1, 0.15) is 22.7 Å². The van der Waals surface area contributed by atoms with E-state index < -0.39 is 21.0 Å². The van der Waals surface area contributed by atoms with E-state index in [4.69, 9.17) is 0 Å². The average molecular weight is 421 g/mol. The maximum absolute atomic E-state index is 13.1. The molecule has 2 N–H and O–H groups in total. The Labute approximate surface area is 173 Å². The van der Waals surface area contributed by atoms with Crippen molar-refractivity contribution in [2.45, 2.75) is 17.9 Å². The lowest BCUT2D eigenvalue weighted by Crippen LogP contribution is -2.29. The van der Waals surface area contributed by atoms with Crippen molar-refractivity contribution in [3.05, 3.63) is 106 Å². The summed E-state index contributed by atoms with van der Waals surface area (Å²) in [6.07, 6.45) is 1.73. The highest BCUT2D eigenvalue weighted by atomic mass is 32.2. The van der Waals surface area contributed by atoms with Gasteiger partial charge in [-0.15, -0.1) is 0 Å². The fourth-order valence-electron chi connectivity index (χ4n) is 3.40. The summed E-state index contributed by atoms with van der Waals surface area (Å²) in [7, 11) is -3.89. The molecule has 152 valence electrons. The number of rotatable bonds is 6. The quantitative estimate of drug-likeness (QED) is 0.354. The van der Waals surface area contributed by atoms with E-state index in [0.29, 0.717) is 11.1 Å². The number of aryl methyl sites for hydroxylation is 1. The first-order valence-corrected chi connectivity index (χ1v) is 10.7. The molecule has 0 aliphatic rings. The van der Waals surface area contributed by atoms with Crippen LogP contribution in [-0.4, -0.2) is 18.3 Å². The molecule has 4 rings (SSSR count). The van der Waals surface area contributed by atoms with E-state index in [1.165, 1.54) is 24.3 Å². The molecule has 0 amide bonds. The second kappa shape index (κ2) is 7.74. The lowest BCUT2D eigenvalue weighted by atomic mass is 9.99. The molecule has 30 heavy (non-hydrogen) atoms. The van der Waals surface area contributed by atoms with Crippen LogP contribution in [0.5, 0.6) is 0 Å². The third kappa shape index (κ3) is 3.83. The highest BCUT2D eigenvalue weighted by Crippen LogP contribution is 2.32. The van der Waals surface area contributed by atoms with Gasteiger partial charge < -0.3 is 4.98 Å². The number of non-ortho nitro benzene ring substituents is 1. The molecule has 0 unspecified atom stereocenters. The minimum absolute atomic E-state index is 0.105. The summed E-state index contributed by atoms with van der Waals surface area (Å²) in [5.41, 5.74) is 2.84. The van der Waals surface area contributed by atoms with Crippen LogP contribution < -0.4 is 4.72 Å². The molecule has 4 aromatic rings. The minimum atomic E-state index is -3.89. The van der Waals surface area contributed by atoms with Crippen molar-refractivity contribution in [1.29, 1.82) is 0 Å². The molecule has 0 saturated carbocycles. The van der Waals surface area contributed by atoms with Crippen molar-refractivity contribution >= 4 is 26.6 Å². The van der Waals surface area contributed by atoms with Gasteiger partial charge in [0.1, 0.15) is 0 Å². The monoisotopic (exact) mass is 421 g/mol. The van der Waals surface area contributed by atoms with Gasteiger partial charge in [-0.25, -0.2) is 8.42 Å². The van der Waals surface area contributed by atoms with Crippen LogP contribution in [0, 0.1) is 17.0 Å². The van der Waals surface area contributed by atoms with Crippen molar-refractivity contribution in [2.75, 3.05) is 0 Å². The van der Waals surface area contributed by atoms with E-state index in [1.54, 1.807) is 30.5 Å². The molecular weight excluding hydrogens is 402 g/mol. The van der Waals surface area contributed by atoms with Crippen molar-refractivity contribution in [2.24, 2.45) is 0 Å². The molecule has 8 heteroatoms. The predicted octanol–water partition coefficient (Wildman–Crippen LogP) is 4.45. The molecule has 1 atom stereocenters. The summed E-state index contributed by atoms with van der Waals surface area (Å²) in [6, 6.07) is 19.2. The maximum Gasteiger partial charge on any atom is 0.269 e. The van der Waals surface area contributed by atoms with Gasteiger partial charge in [0.15, 0.2) is 0 Å². The molecule has 3 aromatic carbocycles. The number of nitro groups is 1. The van der Waals surface area contributed by atoms with E-state index in [-0.39, 0.29) is 10.6 Å². The summed E-state index contributed by atoms with van der Waals surface area (Å²) in [5.74, 6) is 0. The zero-order valence-electron chi connectivity index (χ0n) is 16.1. The van der Waals surface area contributed by atoms with Crippen LogP contribution >= 0.6 is 0 Å². The molecule has 0 aliphatic carbocycles. The summed E-state index contributed by atoms with van der Waals surface area (Å²) in [5, 5.41) is 12.1. The van der Waals surface area contributed by atoms with Gasteiger partial charge in [-0.2, -0.15) is 4.72 Å². The molecule has 1 heterocycles. The van der Waals surface area contributed by atoms with E-state index in [2.05, 4.69) is 9.71 Å². The number of aromatic amines is 1. The molecule has 0 bridgehead atoms. The van der Waals surface area contributed by atoms with Gasteiger partial charge in [-0.05, 0) is 36.2 Å². The topological polar surface area (TPSA) is 105 Å². The molecular formula is C22H19N3O4S. The molecule has 0 aliphatic heterocycles. The SMILES string of the molecule is Cc1ccc(S(=O)(=O)N[C@H](c2cccc([N+](=O)[O-])c2)c2c[nH]c3ccccc23)cc1. The fraction of sp³-hybridized carbons (Fsp3) is 0.0909. The Bertz CT molecular complexity index is 1330. The third-order valence-corrected chi connectivity index (χ3v) is 6.39. The number of nitro benzene ring substituents is 1. The lowest BCUT2D eigenvalue weighted by Gasteiger charge is -2.19. The minimum Gasteiger partial charge on any atom is -0.361 e. The van der Waals surface area contributed by atoms with Gasteiger partial charge in [0.05, 0.1) is 15.9 Å². The number of hydrogen-bond donors (Lipinski definition) is 2. The van der Waals surface area contributed by atoms with E-state index in [0.717, 1.165) is 16.5 Å². The van der Waals surface area contributed by atoms with Crippen LogP contribution in [0.25, 0.3) is 10.9 Å². The van der Waals surface area contributed by atoms with Crippen LogP contribution in [0.15, 0.2) is 83.9 Å². The Morgan fingerprint density at radius 3 is 2.47 bits per heavy atom. The van der Waals surface area contributed by atoms with E-state index in [1.807, 2.05) is 31.2 Å². The molecule has 0 radical (unpaired) electrons. The highest BCUT2D eigenvalue weighted by Gasteiger charge is 2.26. The van der Waals surface area contributed by atoms with Crippen molar-refractivity contribution < 1.29 is 13.3 Å². The second-order valence-electron chi connectivity index (χ2n) is 7.01. The summed E-state index contributed by atoms with van der Waals surface area (Å²) >= 11 is 0. The number of benzene rings is 3. The van der Waals surface area contributed by atoms with Crippen molar-refractivity contribution in [1.82, 2.24) is 9.71 Å². The second-order valence-corrected chi connectivity index (χ2v) is 8.72. The standard InChI is InChI=1S/C22H19N3O4S/c1-15-9-11-18(12-10-15)30(28,29)24-22(16-5-4-6-17(13-16)25(26)27)20-14-23-21-8-3-2-7-19(20)21/h2-14,22-24H,1H3/t22-/m1/s1.